The molecule has 0 aromatic heterocycles. The SMILES string of the molecule is CCCCCCCC/C=C/CCCCCCCCCCCC(=O)OC(CCCCCCCCCCCCC)CC(=O)NC(CO)C(O)CCCCCCCCCCCCCCCCCCC. The Morgan fingerprint density at radius 1 is 0.424 bits per heavy atom. The number of hydrogen-bond donors (Lipinski definition) is 3. The van der Waals surface area contributed by atoms with Gasteiger partial charge in [-0.25, -0.2) is 0 Å². The summed E-state index contributed by atoms with van der Waals surface area (Å²) < 4.78 is 5.96. The molecule has 6 heteroatoms. The number of rotatable bonds is 55. The van der Waals surface area contributed by atoms with Crippen molar-refractivity contribution in [3.8, 4) is 0 Å². The summed E-state index contributed by atoms with van der Waals surface area (Å²) in [5, 5.41) is 23.9. The fourth-order valence-corrected chi connectivity index (χ4v) is 9.55. The van der Waals surface area contributed by atoms with Gasteiger partial charge in [0.05, 0.1) is 25.2 Å². The van der Waals surface area contributed by atoms with Crippen LogP contribution >= 0.6 is 0 Å². The molecule has 0 aliphatic carbocycles. The maximum absolute atomic E-state index is 13.3. The lowest BCUT2D eigenvalue weighted by Gasteiger charge is -2.24. The maximum atomic E-state index is 13.3. The second-order valence-electron chi connectivity index (χ2n) is 20.8. The standard InChI is InChI=1S/C60H117NO5/c1-4-7-10-13-16-19-22-24-26-28-29-31-33-35-38-41-44-47-50-53-60(65)66-56(51-48-45-42-39-36-21-18-15-12-9-6-3)54-59(64)61-57(55-62)58(63)52-49-46-43-40-37-34-32-30-27-25-23-20-17-14-11-8-5-2/h24,26,56-58,62-63H,4-23,25,27-55H2,1-3H3,(H,61,64)/b26-24+. The molecule has 66 heavy (non-hydrogen) atoms. The van der Waals surface area contributed by atoms with E-state index in [0.717, 1.165) is 44.9 Å². The Bertz CT molecular complexity index is 1000. The van der Waals surface area contributed by atoms with Crippen LogP contribution in [-0.2, 0) is 14.3 Å². The number of carbonyl (C=O) groups is 2. The van der Waals surface area contributed by atoms with Crippen LogP contribution in [0, 0.1) is 0 Å². The molecule has 3 N–H and O–H groups in total. The lowest BCUT2D eigenvalue weighted by atomic mass is 10.0. The number of unbranched alkanes of at least 4 members (excludes halogenated alkanes) is 41. The van der Waals surface area contributed by atoms with Crippen molar-refractivity contribution in [3.05, 3.63) is 12.2 Å². The molecule has 0 radical (unpaired) electrons. The number of aliphatic hydroxyl groups excluding tert-OH is 2. The van der Waals surface area contributed by atoms with Crippen LogP contribution < -0.4 is 5.32 Å². The average Bonchev–Trinajstić information content (AvgIpc) is 3.31. The summed E-state index contributed by atoms with van der Waals surface area (Å²) in [7, 11) is 0. The molecule has 0 aromatic rings. The van der Waals surface area contributed by atoms with Crippen molar-refractivity contribution in [3.63, 3.8) is 0 Å². The lowest BCUT2D eigenvalue weighted by molar-refractivity contribution is -0.151. The zero-order chi connectivity index (χ0) is 48.1. The van der Waals surface area contributed by atoms with Crippen molar-refractivity contribution >= 4 is 11.9 Å². The predicted molar refractivity (Wildman–Crippen MR) is 287 cm³/mol. The summed E-state index contributed by atoms with van der Waals surface area (Å²) >= 11 is 0. The highest BCUT2D eigenvalue weighted by Gasteiger charge is 2.24. The van der Waals surface area contributed by atoms with Gasteiger partial charge in [0.25, 0.3) is 0 Å². The Balaban J connectivity index is 4.39. The molecule has 0 aliphatic heterocycles. The Kier molecular flexibility index (Phi) is 53.4. The molecule has 1 amide bonds. The Hall–Kier alpha value is -1.40. The van der Waals surface area contributed by atoms with E-state index in [-0.39, 0.29) is 24.9 Å². The van der Waals surface area contributed by atoms with Crippen LogP contribution in [0.3, 0.4) is 0 Å². The van der Waals surface area contributed by atoms with Gasteiger partial charge in [-0.3, -0.25) is 9.59 Å². The largest absolute Gasteiger partial charge is 0.462 e. The number of esters is 1. The lowest BCUT2D eigenvalue weighted by Crippen LogP contribution is -2.46. The average molecular weight is 933 g/mol. The van der Waals surface area contributed by atoms with Gasteiger partial charge in [-0.2, -0.15) is 0 Å². The monoisotopic (exact) mass is 932 g/mol. The zero-order valence-electron chi connectivity index (χ0n) is 44.9. The molecule has 0 aliphatic rings. The molecule has 0 spiro atoms. The minimum atomic E-state index is -0.783. The normalized spacial score (nSPS) is 13.1. The van der Waals surface area contributed by atoms with Crippen LogP contribution in [0.1, 0.15) is 335 Å². The highest BCUT2D eigenvalue weighted by atomic mass is 16.5. The fraction of sp³-hybridized carbons (Fsp3) is 0.933. The number of aliphatic hydroxyl groups is 2. The first-order valence-corrected chi connectivity index (χ1v) is 29.9. The third-order valence-corrected chi connectivity index (χ3v) is 14.1. The van der Waals surface area contributed by atoms with E-state index in [9.17, 15) is 19.8 Å². The predicted octanol–water partition coefficient (Wildman–Crippen LogP) is 18.5. The third-order valence-electron chi connectivity index (χ3n) is 14.1. The third kappa shape index (κ3) is 49.0. The Morgan fingerprint density at radius 2 is 0.727 bits per heavy atom. The van der Waals surface area contributed by atoms with Gasteiger partial charge in [0, 0.05) is 6.42 Å². The quantitative estimate of drug-likeness (QED) is 0.0321. The van der Waals surface area contributed by atoms with Gasteiger partial charge in [0.2, 0.25) is 5.91 Å². The van der Waals surface area contributed by atoms with Crippen molar-refractivity contribution < 1.29 is 24.5 Å². The van der Waals surface area contributed by atoms with Gasteiger partial charge >= 0.3 is 5.97 Å². The molecule has 0 saturated heterocycles. The van der Waals surface area contributed by atoms with E-state index in [1.165, 1.54) is 244 Å². The molecule has 3 unspecified atom stereocenters. The van der Waals surface area contributed by atoms with Crippen LogP contribution in [0.5, 0.6) is 0 Å². The van der Waals surface area contributed by atoms with Crippen molar-refractivity contribution in [2.24, 2.45) is 0 Å². The van der Waals surface area contributed by atoms with E-state index in [1.54, 1.807) is 0 Å². The zero-order valence-corrected chi connectivity index (χ0v) is 44.9. The van der Waals surface area contributed by atoms with Crippen molar-refractivity contribution in [1.82, 2.24) is 5.32 Å². The minimum absolute atomic E-state index is 0.0846. The van der Waals surface area contributed by atoms with E-state index in [2.05, 4.69) is 38.2 Å². The molecule has 0 fully saturated rings. The molecular formula is C60H117NO5. The van der Waals surface area contributed by atoms with Crippen molar-refractivity contribution in [1.29, 1.82) is 0 Å². The van der Waals surface area contributed by atoms with Crippen LogP contribution in [-0.4, -0.2) is 46.9 Å². The molecular weight excluding hydrogens is 815 g/mol. The molecule has 0 saturated carbocycles. The summed E-state index contributed by atoms with van der Waals surface area (Å²) in [6, 6.07) is -0.696. The highest BCUT2D eigenvalue weighted by Crippen LogP contribution is 2.19. The first-order valence-electron chi connectivity index (χ1n) is 29.9. The summed E-state index contributed by atoms with van der Waals surface area (Å²) in [5.41, 5.74) is 0. The second-order valence-corrected chi connectivity index (χ2v) is 20.8. The first kappa shape index (κ1) is 64.6. The van der Waals surface area contributed by atoms with Gasteiger partial charge in [-0.15, -0.1) is 0 Å². The maximum Gasteiger partial charge on any atom is 0.306 e. The summed E-state index contributed by atoms with van der Waals surface area (Å²) in [6.07, 6.45) is 62.8. The van der Waals surface area contributed by atoms with Crippen LogP contribution in [0.2, 0.25) is 0 Å². The van der Waals surface area contributed by atoms with Crippen molar-refractivity contribution in [2.45, 2.75) is 354 Å². The van der Waals surface area contributed by atoms with Gasteiger partial charge in [0.15, 0.2) is 0 Å². The number of ether oxygens (including phenoxy) is 1. The van der Waals surface area contributed by atoms with E-state index in [4.69, 9.17) is 4.74 Å². The molecule has 3 atom stereocenters. The fourth-order valence-electron chi connectivity index (χ4n) is 9.55. The Labute approximate surface area is 412 Å². The molecule has 0 bridgehead atoms. The topological polar surface area (TPSA) is 95.9 Å². The Morgan fingerprint density at radius 3 is 1.08 bits per heavy atom. The summed E-state index contributed by atoms with van der Waals surface area (Å²) in [5.74, 6) is -0.453. The van der Waals surface area contributed by atoms with E-state index in [0.29, 0.717) is 19.3 Å². The minimum Gasteiger partial charge on any atom is -0.462 e. The van der Waals surface area contributed by atoms with Crippen LogP contribution in [0.4, 0.5) is 0 Å². The summed E-state index contributed by atoms with van der Waals surface area (Å²) in [4.78, 5) is 26.3. The number of allylic oxidation sites excluding steroid dienone is 2. The molecule has 0 heterocycles. The first-order chi connectivity index (χ1) is 32.5. The van der Waals surface area contributed by atoms with Gasteiger partial charge in [-0.05, 0) is 51.4 Å². The number of amides is 1. The number of hydrogen-bond acceptors (Lipinski definition) is 5. The molecule has 0 rings (SSSR count). The number of nitrogens with one attached hydrogen (secondary N) is 1. The van der Waals surface area contributed by atoms with E-state index >= 15 is 0 Å². The molecule has 0 aromatic carbocycles. The second kappa shape index (κ2) is 54.5. The highest BCUT2D eigenvalue weighted by molar-refractivity contribution is 5.77. The van der Waals surface area contributed by atoms with Gasteiger partial charge < -0.3 is 20.3 Å². The van der Waals surface area contributed by atoms with E-state index in [1.807, 2.05) is 0 Å². The van der Waals surface area contributed by atoms with Crippen LogP contribution in [0.25, 0.3) is 0 Å². The van der Waals surface area contributed by atoms with Crippen LogP contribution in [0.15, 0.2) is 12.2 Å². The summed E-state index contributed by atoms with van der Waals surface area (Å²) in [6.45, 7) is 6.52. The van der Waals surface area contributed by atoms with Gasteiger partial charge in [0.1, 0.15) is 6.10 Å². The van der Waals surface area contributed by atoms with E-state index < -0.39 is 18.2 Å². The van der Waals surface area contributed by atoms with Crippen molar-refractivity contribution in [2.75, 3.05) is 6.61 Å². The number of carbonyl (C=O) groups excluding carboxylic acids is 2. The van der Waals surface area contributed by atoms with Gasteiger partial charge in [-0.1, -0.05) is 283 Å². The molecule has 6 nitrogen and oxygen atoms in total. The smallest absolute Gasteiger partial charge is 0.306 e. The molecule has 392 valence electrons.